The largest absolute Gasteiger partial charge is 0.444 e. The molecule has 0 spiro atoms. The van der Waals surface area contributed by atoms with Crippen LogP contribution in [0.2, 0.25) is 0 Å². The fourth-order valence-corrected chi connectivity index (χ4v) is 7.13. The van der Waals surface area contributed by atoms with E-state index in [1.807, 2.05) is 32.9 Å². The zero-order chi connectivity index (χ0) is 26.5. The Morgan fingerprint density at radius 1 is 1.22 bits per heavy atom. The number of rotatable bonds is 5. The predicted molar refractivity (Wildman–Crippen MR) is 143 cm³/mol. The van der Waals surface area contributed by atoms with Gasteiger partial charge in [0.25, 0.3) is 10.0 Å². The van der Waals surface area contributed by atoms with Gasteiger partial charge in [-0.25, -0.2) is 22.2 Å². The molecule has 0 saturated carbocycles. The molecule has 0 bridgehead atoms. The summed E-state index contributed by atoms with van der Waals surface area (Å²) in [6.07, 6.45) is 1.75. The number of hydrogen-bond donors (Lipinski definition) is 2. The predicted octanol–water partition coefficient (Wildman–Crippen LogP) is 5.57. The number of benzene rings is 2. The van der Waals surface area contributed by atoms with Crippen LogP contribution in [0.1, 0.15) is 62.3 Å². The molecule has 2 heterocycles. The number of ether oxygens (including phenoxy) is 1. The van der Waals surface area contributed by atoms with Crippen LogP contribution < -0.4 is 5.32 Å². The number of aliphatic hydroxyl groups is 1. The fraction of sp³-hybridized carbons (Fsp3) is 0.333. The van der Waals surface area contributed by atoms with Gasteiger partial charge in [-0.2, -0.15) is 0 Å². The smallest absolute Gasteiger partial charge is 0.408 e. The minimum absolute atomic E-state index is 0.172. The highest BCUT2D eigenvalue weighted by atomic mass is 32.2. The number of alkyl carbamates (subject to hydrolysis) is 1. The average Bonchev–Trinajstić information content (AvgIpc) is 3.55. The Morgan fingerprint density at radius 2 is 1.95 bits per heavy atom. The van der Waals surface area contributed by atoms with Crippen molar-refractivity contribution >= 4 is 38.4 Å². The third-order valence-corrected chi connectivity index (χ3v) is 9.21. The molecule has 0 unspecified atom stereocenters. The standard InChI is InChI=1S/C27H29N3O5S2/c1-16(31)24-15-28-25(36-24)23-14-20-18-10-12-21(29-26(32)35-27(2,3)4)19(18)11-13-22(20)30(23)37(33,34)17-8-6-5-7-9-17/h5-9,11,13-16,21,31H,10,12H2,1-4H3,(H,29,32)/t16-,21+/m0/s1. The van der Waals surface area contributed by atoms with E-state index in [1.54, 1.807) is 49.5 Å². The first-order valence-corrected chi connectivity index (χ1v) is 14.3. The molecule has 37 heavy (non-hydrogen) atoms. The Morgan fingerprint density at radius 3 is 2.59 bits per heavy atom. The molecule has 0 aliphatic heterocycles. The number of hydrogen-bond acceptors (Lipinski definition) is 7. The lowest BCUT2D eigenvalue weighted by molar-refractivity contribution is 0.0503. The topological polar surface area (TPSA) is 111 Å². The highest BCUT2D eigenvalue weighted by molar-refractivity contribution is 7.90. The monoisotopic (exact) mass is 539 g/mol. The van der Waals surface area contributed by atoms with Crippen LogP contribution >= 0.6 is 11.3 Å². The van der Waals surface area contributed by atoms with Gasteiger partial charge in [-0.15, -0.1) is 11.3 Å². The van der Waals surface area contributed by atoms with E-state index in [1.165, 1.54) is 15.3 Å². The van der Waals surface area contributed by atoms with E-state index in [0.717, 1.165) is 16.5 Å². The number of fused-ring (bicyclic) bond motifs is 3. The normalized spacial score (nSPS) is 16.5. The van der Waals surface area contributed by atoms with Gasteiger partial charge in [0.15, 0.2) is 0 Å². The lowest BCUT2D eigenvalue weighted by Gasteiger charge is -2.22. The molecule has 4 aromatic rings. The average molecular weight is 540 g/mol. The number of nitrogens with one attached hydrogen (secondary N) is 1. The van der Waals surface area contributed by atoms with E-state index in [2.05, 4.69) is 10.3 Å². The molecule has 0 radical (unpaired) electrons. The van der Waals surface area contributed by atoms with Crippen LogP contribution in [-0.2, 0) is 21.2 Å². The first-order valence-electron chi connectivity index (χ1n) is 12.1. The molecule has 2 N–H and O–H groups in total. The van der Waals surface area contributed by atoms with Crippen molar-refractivity contribution in [2.24, 2.45) is 0 Å². The molecule has 0 fully saturated rings. The number of aliphatic hydroxyl groups excluding tert-OH is 1. The van der Waals surface area contributed by atoms with E-state index in [4.69, 9.17) is 4.74 Å². The van der Waals surface area contributed by atoms with Crippen molar-refractivity contribution in [3.63, 3.8) is 0 Å². The minimum atomic E-state index is -3.95. The highest BCUT2D eigenvalue weighted by Crippen LogP contribution is 2.41. The van der Waals surface area contributed by atoms with Crippen LogP contribution in [0.4, 0.5) is 4.79 Å². The number of carbonyl (C=O) groups is 1. The Labute approximate surface area is 220 Å². The number of nitrogens with zero attached hydrogens (tertiary/aromatic N) is 2. The number of amides is 1. The lowest BCUT2D eigenvalue weighted by atomic mass is 10.0. The first-order chi connectivity index (χ1) is 17.5. The number of carbonyl (C=O) groups excluding carboxylic acids is 1. The summed E-state index contributed by atoms with van der Waals surface area (Å²) in [5.74, 6) is 0. The number of thiazole rings is 1. The molecular weight excluding hydrogens is 510 g/mol. The van der Waals surface area contributed by atoms with Gasteiger partial charge in [0.1, 0.15) is 10.6 Å². The minimum Gasteiger partial charge on any atom is -0.444 e. The van der Waals surface area contributed by atoms with Crippen LogP contribution in [0.25, 0.3) is 21.6 Å². The molecule has 194 valence electrons. The molecule has 8 nitrogen and oxygen atoms in total. The molecule has 2 aromatic carbocycles. The Kier molecular flexibility index (Phi) is 6.37. The SMILES string of the molecule is C[C@H](O)c1cnc(-c2cc3c4c(ccc3n2S(=O)(=O)c2ccccc2)[C@H](NC(=O)OC(C)(C)C)CC4)s1. The van der Waals surface area contributed by atoms with Crippen LogP contribution in [0.5, 0.6) is 0 Å². The van der Waals surface area contributed by atoms with Gasteiger partial charge in [-0.3, -0.25) is 0 Å². The fourth-order valence-electron chi connectivity index (χ4n) is 4.69. The van der Waals surface area contributed by atoms with Crippen molar-refractivity contribution in [1.29, 1.82) is 0 Å². The number of aryl methyl sites for hydroxylation is 1. The van der Waals surface area contributed by atoms with Crippen LogP contribution in [0.15, 0.2) is 59.6 Å². The van der Waals surface area contributed by atoms with E-state index >= 15 is 0 Å². The lowest BCUT2D eigenvalue weighted by Crippen LogP contribution is -2.34. The summed E-state index contributed by atoms with van der Waals surface area (Å²) < 4.78 is 34.6. The molecule has 1 aliphatic rings. The van der Waals surface area contributed by atoms with Gasteiger partial charge in [-0.1, -0.05) is 24.3 Å². The molecule has 2 atom stereocenters. The van der Waals surface area contributed by atoms with Crippen LogP contribution in [0, 0.1) is 0 Å². The maximum atomic E-state index is 13.9. The van der Waals surface area contributed by atoms with E-state index < -0.39 is 27.8 Å². The van der Waals surface area contributed by atoms with Crippen molar-refractivity contribution < 1.29 is 23.1 Å². The Bertz CT molecular complexity index is 1580. The van der Waals surface area contributed by atoms with E-state index in [9.17, 15) is 18.3 Å². The second kappa shape index (κ2) is 9.27. The zero-order valence-electron chi connectivity index (χ0n) is 21.1. The van der Waals surface area contributed by atoms with E-state index in [0.29, 0.717) is 33.9 Å². The second-order valence-electron chi connectivity index (χ2n) is 10.2. The summed E-state index contributed by atoms with van der Waals surface area (Å²) >= 11 is 1.26. The molecule has 1 aliphatic carbocycles. The third kappa shape index (κ3) is 4.76. The van der Waals surface area contributed by atoms with Crippen LogP contribution in [0.3, 0.4) is 0 Å². The zero-order valence-corrected chi connectivity index (χ0v) is 22.7. The second-order valence-corrected chi connectivity index (χ2v) is 13.0. The summed E-state index contributed by atoms with van der Waals surface area (Å²) in [6, 6.07) is 13.6. The molecular formula is C27H29N3O5S2. The summed E-state index contributed by atoms with van der Waals surface area (Å²) in [6.45, 7) is 7.10. The van der Waals surface area contributed by atoms with Crippen molar-refractivity contribution in [3.8, 4) is 10.7 Å². The molecule has 2 aromatic heterocycles. The van der Waals surface area contributed by atoms with Crippen LogP contribution in [-0.4, -0.2) is 34.2 Å². The quantitative estimate of drug-likeness (QED) is 0.343. The van der Waals surface area contributed by atoms with Gasteiger partial charge in [0, 0.05) is 11.6 Å². The van der Waals surface area contributed by atoms with Crippen molar-refractivity contribution in [2.45, 2.75) is 63.2 Å². The van der Waals surface area contributed by atoms with Gasteiger partial charge < -0.3 is 15.2 Å². The Hall–Kier alpha value is -3.21. The van der Waals surface area contributed by atoms with E-state index in [-0.39, 0.29) is 10.9 Å². The summed E-state index contributed by atoms with van der Waals surface area (Å²) in [4.78, 5) is 17.7. The molecule has 1 amide bonds. The van der Waals surface area contributed by atoms with Gasteiger partial charge >= 0.3 is 6.09 Å². The molecule has 5 rings (SSSR count). The van der Waals surface area contributed by atoms with Gasteiger partial charge in [0.2, 0.25) is 0 Å². The van der Waals surface area contributed by atoms with Crippen molar-refractivity contribution in [3.05, 3.63) is 70.7 Å². The van der Waals surface area contributed by atoms with Crippen molar-refractivity contribution in [2.75, 3.05) is 0 Å². The summed E-state index contributed by atoms with van der Waals surface area (Å²) in [5, 5.41) is 14.3. The third-order valence-electron chi connectivity index (χ3n) is 6.27. The number of aromatic nitrogens is 2. The maximum Gasteiger partial charge on any atom is 0.408 e. The summed E-state index contributed by atoms with van der Waals surface area (Å²) in [7, 11) is -3.95. The summed E-state index contributed by atoms with van der Waals surface area (Å²) in [5.41, 5.74) is 2.32. The van der Waals surface area contributed by atoms with Crippen molar-refractivity contribution in [1.82, 2.24) is 14.3 Å². The van der Waals surface area contributed by atoms with Gasteiger partial charge in [0.05, 0.1) is 33.1 Å². The molecule has 10 heteroatoms. The Balaban J connectivity index is 1.66. The highest BCUT2D eigenvalue weighted by Gasteiger charge is 2.31. The maximum absolute atomic E-state index is 13.9. The molecule has 0 saturated heterocycles. The van der Waals surface area contributed by atoms with Gasteiger partial charge in [-0.05, 0) is 75.9 Å². The first kappa shape index (κ1) is 25.4.